The lowest BCUT2D eigenvalue weighted by atomic mass is 10.4. The van der Waals surface area contributed by atoms with Crippen LogP contribution in [0.1, 0.15) is 18.0 Å². The minimum absolute atomic E-state index is 0.250. The number of aromatic nitrogens is 3. The third kappa shape index (κ3) is 1.82. The van der Waals surface area contributed by atoms with Gasteiger partial charge >= 0.3 is 0 Å². The summed E-state index contributed by atoms with van der Waals surface area (Å²) in [5, 5.41) is 15.2. The Morgan fingerprint density at radius 2 is 2.29 bits per heavy atom. The van der Waals surface area contributed by atoms with E-state index >= 15 is 0 Å². The van der Waals surface area contributed by atoms with E-state index < -0.39 is 0 Å². The molecule has 0 aliphatic heterocycles. The normalized spacial score (nSPS) is 13.0. The van der Waals surface area contributed by atoms with E-state index in [4.69, 9.17) is 0 Å². The van der Waals surface area contributed by atoms with Crippen LogP contribution in [0.4, 0.5) is 0 Å². The van der Waals surface area contributed by atoms with Gasteiger partial charge in [0.15, 0.2) is 5.01 Å². The molecule has 0 radical (unpaired) electrons. The Kier molecular flexibility index (Phi) is 2.85. The fourth-order valence-electron chi connectivity index (χ4n) is 0.955. The van der Waals surface area contributed by atoms with Gasteiger partial charge in [-0.25, -0.2) is 4.98 Å². The molecule has 0 saturated heterocycles. The Labute approximate surface area is 90.0 Å². The summed E-state index contributed by atoms with van der Waals surface area (Å²) >= 11 is 3.15. The predicted octanol–water partition coefficient (Wildman–Crippen LogP) is 1.94. The molecular formula is C8H10N4S2. The maximum atomic E-state index is 4.19. The van der Waals surface area contributed by atoms with E-state index in [0.717, 1.165) is 15.7 Å². The van der Waals surface area contributed by atoms with Crippen molar-refractivity contribution in [2.75, 3.05) is 7.05 Å². The summed E-state index contributed by atoms with van der Waals surface area (Å²) in [6.07, 6.45) is 0. The Bertz CT molecular complexity index is 395. The second-order valence-corrected chi connectivity index (χ2v) is 4.56. The molecule has 2 aromatic rings. The summed E-state index contributed by atoms with van der Waals surface area (Å²) in [5.41, 5.74) is 2.72. The molecule has 2 heterocycles. The highest BCUT2D eigenvalue weighted by Gasteiger charge is 2.11. The summed E-state index contributed by atoms with van der Waals surface area (Å²) < 4.78 is 0. The Hall–Kier alpha value is -0.850. The SMILES string of the molecule is CNC(C)c1nnc(-c2cscn2)s1. The fourth-order valence-corrected chi connectivity index (χ4v) is 2.44. The maximum Gasteiger partial charge on any atom is 0.167 e. The summed E-state index contributed by atoms with van der Waals surface area (Å²) in [6, 6.07) is 0.250. The highest BCUT2D eigenvalue weighted by atomic mass is 32.1. The van der Waals surface area contributed by atoms with Crippen LogP contribution < -0.4 is 5.32 Å². The molecule has 0 spiro atoms. The third-order valence-corrected chi connectivity index (χ3v) is 3.61. The van der Waals surface area contributed by atoms with Gasteiger partial charge in [0.25, 0.3) is 0 Å². The lowest BCUT2D eigenvalue weighted by molar-refractivity contribution is 0.640. The Balaban J connectivity index is 2.26. The monoisotopic (exact) mass is 226 g/mol. The minimum Gasteiger partial charge on any atom is -0.311 e. The number of rotatable bonds is 3. The molecule has 1 unspecified atom stereocenters. The zero-order chi connectivity index (χ0) is 9.97. The van der Waals surface area contributed by atoms with Crippen molar-refractivity contribution in [2.24, 2.45) is 0 Å². The summed E-state index contributed by atoms with van der Waals surface area (Å²) in [4.78, 5) is 4.19. The van der Waals surface area contributed by atoms with Crippen molar-refractivity contribution < 1.29 is 0 Å². The van der Waals surface area contributed by atoms with Crippen LogP contribution in [0.2, 0.25) is 0 Å². The first-order valence-electron chi connectivity index (χ1n) is 4.20. The van der Waals surface area contributed by atoms with Crippen LogP contribution in [0.25, 0.3) is 10.7 Å². The first-order valence-corrected chi connectivity index (χ1v) is 5.96. The maximum absolute atomic E-state index is 4.19. The first-order chi connectivity index (χ1) is 6.81. The van der Waals surface area contributed by atoms with Gasteiger partial charge in [0.2, 0.25) is 0 Å². The number of nitrogens with zero attached hydrogens (tertiary/aromatic N) is 3. The predicted molar refractivity (Wildman–Crippen MR) is 58.5 cm³/mol. The molecule has 1 atom stereocenters. The van der Waals surface area contributed by atoms with E-state index in [9.17, 15) is 0 Å². The summed E-state index contributed by atoms with van der Waals surface area (Å²) in [6.45, 7) is 2.06. The van der Waals surface area contributed by atoms with Gasteiger partial charge in [0.05, 0.1) is 11.6 Å². The molecule has 0 bridgehead atoms. The van der Waals surface area contributed by atoms with Gasteiger partial charge in [-0.05, 0) is 14.0 Å². The molecule has 74 valence electrons. The number of hydrogen-bond acceptors (Lipinski definition) is 6. The number of hydrogen-bond donors (Lipinski definition) is 1. The van der Waals surface area contributed by atoms with Crippen molar-refractivity contribution in [1.29, 1.82) is 0 Å². The Morgan fingerprint density at radius 1 is 1.43 bits per heavy atom. The van der Waals surface area contributed by atoms with Crippen molar-refractivity contribution in [1.82, 2.24) is 20.5 Å². The smallest absolute Gasteiger partial charge is 0.167 e. The van der Waals surface area contributed by atoms with Crippen molar-refractivity contribution in [3.8, 4) is 10.7 Å². The molecule has 0 aliphatic rings. The average molecular weight is 226 g/mol. The molecule has 14 heavy (non-hydrogen) atoms. The van der Waals surface area contributed by atoms with Gasteiger partial charge in [0, 0.05) is 5.38 Å². The zero-order valence-electron chi connectivity index (χ0n) is 7.89. The van der Waals surface area contributed by atoms with Crippen LogP contribution >= 0.6 is 22.7 Å². The van der Waals surface area contributed by atoms with Crippen molar-refractivity contribution in [3.05, 3.63) is 15.9 Å². The van der Waals surface area contributed by atoms with E-state index in [-0.39, 0.29) is 6.04 Å². The van der Waals surface area contributed by atoms with Crippen LogP contribution in [-0.2, 0) is 0 Å². The standard InChI is InChI=1S/C8H10N4S2/c1-5(9-2)7-11-12-8(14-7)6-3-13-4-10-6/h3-5,9H,1-2H3. The molecule has 0 aliphatic carbocycles. The van der Waals surface area contributed by atoms with E-state index in [0.29, 0.717) is 0 Å². The van der Waals surface area contributed by atoms with Gasteiger partial charge in [-0.2, -0.15) is 0 Å². The molecular weight excluding hydrogens is 216 g/mol. The fraction of sp³-hybridized carbons (Fsp3) is 0.375. The topological polar surface area (TPSA) is 50.7 Å². The molecule has 0 amide bonds. The highest BCUT2D eigenvalue weighted by Crippen LogP contribution is 2.25. The van der Waals surface area contributed by atoms with Gasteiger partial charge in [0.1, 0.15) is 10.7 Å². The highest BCUT2D eigenvalue weighted by molar-refractivity contribution is 7.15. The zero-order valence-corrected chi connectivity index (χ0v) is 9.52. The van der Waals surface area contributed by atoms with Gasteiger partial charge in [-0.1, -0.05) is 11.3 Å². The van der Waals surface area contributed by atoms with Crippen LogP contribution in [0.5, 0.6) is 0 Å². The second kappa shape index (κ2) is 4.12. The van der Waals surface area contributed by atoms with Crippen LogP contribution in [0.15, 0.2) is 10.9 Å². The lowest BCUT2D eigenvalue weighted by Gasteiger charge is -2.02. The summed E-state index contributed by atoms with van der Waals surface area (Å²) in [7, 11) is 1.91. The largest absolute Gasteiger partial charge is 0.311 e. The van der Waals surface area contributed by atoms with E-state index in [1.165, 1.54) is 0 Å². The quantitative estimate of drug-likeness (QED) is 0.869. The lowest BCUT2D eigenvalue weighted by Crippen LogP contribution is -2.11. The molecule has 6 heteroatoms. The van der Waals surface area contributed by atoms with Crippen LogP contribution in [0, 0.1) is 0 Å². The van der Waals surface area contributed by atoms with Crippen LogP contribution in [0.3, 0.4) is 0 Å². The molecule has 4 nitrogen and oxygen atoms in total. The van der Waals surface area contributed by atoms with Gasteiger partial charge in [-0.3, -0.25) is 0 Å². The molecule has 1 N–H and O–H groups in total. The van der Waals surface area contributed by atoms with E-state index in [1.54, 1.807) is 28.2 Å². The minimum atomic E-state index is 0.250. The Morgan fingerprint density at radius 3 is 2.93 bits per heavy atom. The van der Waals surface area contributed by atoms with Gasteiger partial charge < -0.3 is 5.32 Å². The second-order valence-electron chi connectivity index (χ2n) is 2.83. The van der Waals surface area contributed by atoms with Crippen molar-refractivity contribution in [2.45, 2.75) is 13.0 Å². The number of nitrogens with one attached hydrogen (secondary N) is 1. The average Bonchev–Trinajstić information content (AvgIpc) is 2.86. The first kappa shape index (κ1) is 9.70. The van der Waals surface area contributed by atoms with E-state index in [2.05, 4.69) is 27.4 Å². The third-order valence-electron chi connectivity index (χ3n) is 1.90. The molecule has 2 aromatic heterocycles. The molecule has 0 aromatic carbocycles. The summed E-state index contributed by atoms with van der Waals surface area (Å²) in [5.74, 6) is 0. The van der Waals surface area contributed by atoms with Crippen molar-refractivity contribution in [3.63, 3.8) is 0 Å². The molecule has 0 fully saturated rings. The molecule has 2 rings (SSSR count). The van der Waals surface area contributed by atoms with Crippen molar-refractivity contribution >= 4 is 22.7 Å². The molecule has 0 saturated carbocycles. The number of thiazole rings is 1. The van der Waals surface area contributed by atoms with Crippen LogP contribution in [-0.4, -0.2) is 22.2 Å². The van der Waals surface area contributed by atoms with E-state index in [1.807, 2.05) is 12.4 Å². The van der Waals surface area contributed by atoms with Gasteiger partial charge in [-0.15, -0.1) is 21.5 Å².